The highest BCUT2D eigenvalue weighted by Gasteiger charge is 2.10. The normalized spacial score (nSPS) is 10.4. The van der Waals surface area contributed by atoms with E-state index in [1.165, 1.54) is 0 Å². The lowest BCUT2D eigenvalue weighted by Crippen LogP contribution is -2.30. The van der Waals surface area contributed by atoms with E-state index in [9.17, 15) is 9.59 Å². The van der Waals surface area contributed by atoms with E-state index in [1.54, 1.807) is 36.4 Å². The van der Waals surface area contributed by atoms with E-state index in [4.69, 9.17) is 10.5 Å². The molecule has 2 aromatic carbocycles. The fourth-order valence-electron chi connectivity index (χ4n) is 2.26. The van der Waals surface area contributed by atoms with E-state index in [-0.39, 0.29) is 19.1 Å². The summed E-state index contributed by atoms with van der Waals surface area (Å²) in [6, 6.07) is 15.9. The number of ether oxygens (including phenoxy) is 1. The van der Waals surface area contributed by atoms with Gasteiger partial charge in [-0.15, -0.1) is 0 Å². The molecule has 0 aliphatic carbocycles. The van der Waals surface area contributed by atoms with Gasteiger partial charge in [0.15, 0.2) is 12.4 Å². The molecular formula is C18H16N4O3. The first-order valence-corrected chi connectivity index (χ1v) is 7.63. The first-order chi connectivity index (χ1) is 12.1. The first-order valence-electron chi connectivity index (χ1n) is 7.63. The number of nitrogens with zero attached hydrogens (tertiary/aromatic N) is 2. The second-order valence-corrected chi connectivity index (χ2v) is 5.25. The first kappa shape index (κ1) is 16.4. The van der Waals surface area contributed by atoms with Crippen LogP contribution in [-0.2, 0) is 16.1 Å². The van der Waals surface area contributed by atoms with Gasteiger partial charge in [-0.25, -0.2) is 9.97 Å². The summed E-state index contributed by atoms with van der Waals surface area (Å²) >= 11 is 0. The van der Waals surface area contributed by atoms with E-state index in [0.29, 0.717) is 22.7 Å². The number of nitrogen functional groups attached to an aromatic ring is 1. The number of fused-ring (bicyclic) bond motifs is 1. The largest absolute Gasteiger partial charge is 0.456 e. The molecule has 0 spiro atoms. The maximum Gasteiger partial charge on any atom is 0.325 e. The molecule has 0 saturated heterocycles. The number of benzene rings is 2. The molecule has 3 aromatic rings. The number of hydrogen-bond donors (Lipinski definition) is 2. The van der Waals surface area contributed by atoms with Crippen LogP contribution in [0, 0.1) is 0 Å². The Morgan fingerprint density at radius 2 is 1.72 bits per heavy atom. The fraction of sp³-hybridized carbons (Fsp3) is 0.111. The number of anilines is 1. The van der Waals surface area contributed by atoms with Crippen molar-refractivity contribution >= 4 is 28.6 Å². The molecule has 0 bridgehead atoms. The third-order valence-corrected chi connectivity index (χ3v) is 3.47. The molecule has 0 radical (unpaired) electrons. The molecule has 1 heterocycles. The van der Waals surface area contributed by atoms with Gasteiger partial charge in [0.25, 0.3) is 5.91 Å². The minimum Gasteiger partial charge on any atom is -0.456 e. The number of para-hydroxylation sites is 1. The number of rotatable bonds is 5. The Balaban J connectivity index is 1.55. The zero-order chi connectivity index (χ0) is 17.6. The standard InChI is InChI=1S/C18H16N4O3/c19-17-13-8-4-5-9-14(13)21-15(22-17)11-25-16(23)10-20-18(24)12-6-2-1-3-7-12/h1-9H,10-11H2,(H,20,24)(H2,19,21,22). The van der Waals surface area contributed by atoms with Crippen molar-refractivity contribution in [1.29, 1.82) is 0 Å². The smallest absolute Gasteiger partial charge is 0.325 e. The highest BCUT2D eigenvalue weighted by Crippen LogP contribution is 2.17. The van der Waals surface area contributed by atoms with Crippen molar-refractivity contribution in [2.24, 2.45) is 0 Å². The average Bonchev–Trinajstić information content (AvgIpc) is 2.65. The third-order valence-electron chi connectivity index (χ3n) is 3.47. The third kappa shape index (κ3) is 4.08. The Bertz CT molecular complexity index is 913. The topological polar surface area (TPSA) is 107 Å². The quantitative estimate of drug-likeness (QED) is 0.687. The number of carbonyl (C=O) groups excluding carboxylic acids is 2. The molecule has 3 rings (SSSR count). The van der Waals surface area contributed by atoms with Gasteiger partial charge in [0, 0.05) is 10.9 Å². The van der Waals surface area contributed by atoms with Gasteiger partial charge in [-0.3, -0.25) is 9.59 Å². The molecule has 126 valence electrons. The lowest BCUT2D eigenvalue weighted by atomic mass is 10.2. The van der Waals surface area contributed by atoms with Crippen LogP contribution in [0.2, 0.25) is 0 Å². The zero-order valence-corrected chi connectivity index (χ0v) is 13.3. The maximum atomic E-state index is 11.9. The van der Waals surface area contributed by atoms with Gasteiger partial charge in [0.1, 0.15) is 12.4 Å². The van der Waals surface area contributed by atoms with E-state index in [2.05, 4.69) is 15.3 Å². The number of hydrogen-bond acceptors (Lipinski definition) is 6. The predicted molar refractivity (Wildman–Crippen MR) is 92.5 cm³/mol. The Morgan fingerprint density at radius 3 is 2.52 bits per heavy atom. The molecular weight excluding hydrogens is 320 g/mol. The van der Waals surface area contributed by atoms with Gasteiger partial charge in [0.05, 0.1) is 5.52 Å². The zero-order valence-electron chi connectivity index (χ0n) is 13.3. The van der Waals surface area contributed by atoms with E-state index >= 15 is 0 Å². The highest BCUT2D eigenvalue weighted by atomic mass is 16.5. The number of aromatic nitrogens is 2. The molecule has 0 fully saturated rings. The Kier molecular flexibility index (Phi) is 4.84. The Morgan fingerprint density at radius 1 is 1.00 bits per heavy atom. The molecule has 25 heavy (non-hydrogen) atoms. The van der Waals surface area contributed by atoms with Crippen LogP contribution in [0.3, 0.4) is 0 Å². The number of nitrogens with one attached hydrogen (secondary N) is 1. The fourth-order valence-corrected chi connectivity index (χ4v) is 2.26. The van der Waals surface area contributed by atoms with Crippen molar-refractivity contribution in [2.45, 2.75) is 6.61 Å². The van der Waals surface area contributed by atoms with Gasteiger partial charge in [0.2, 0.25) is 0 Å². The van der Waals surface area contributed by atoms with Crippen LogP contribution in [0.1, 0.15) is 16.2 Å². The van der Waals surface area contributed by atoms with Gasteiger partial charge < -0.3 is 15.8 Å². The van der Waals surface area contributed by atoms with Crippen molar-refractivity contribution in [2.75, 3.05) is 12.3 Å². The Hall–Kier alpha value is -3.48. The van der Waals surface area contributed by atoms with Crippen LogP contribution >= 0.6 is 0 Å². The summed E-state index contributed by atoms with van der Waals surface area (Å²) in [5.74, 6) is -0.295. The molecule has 0 atom stereocenters. The second-order valence-electron chi connectivity index (χ2n) is 5.25. The molecule has 0 aliphatic heterocycles. The molecule has 3 N–H and O–H groups in total. The summed E-state index contributed by atoms with van der Waals surface area (Å²) in [4.78, 5) is 32.0. The molecule has 7 heteroatoms. The predicted octanol–water partition coefficient (Wildman–Crippen LogP) is 1.69. The molecule has 0 aliphatic rings. The summed E-state index contributed by atoms with van der Waals surface area (Å²) in [6.07, 6.45) is 0. The van der Waals surface area contributed by atoms with Crippen molar-refractivity contribution in [1.82, 2.24) is 15.3 Å². The number of carbonyl (C=O) groups is 2. The van der Waals surface area contributed by atoms with Gasteiger partial charge in [-0.05, 0) is 24.3 Å². The van der Waals surface area contributed by atoms with E-state index in [0.717, 1.165) is 5.39 Å². The van der Waals surface area contributed by atoms with Crippen LogP contribution in [0.15, 0.2) is 54.6 Å². The minimum atomic E-state index is -0.584. The maximum absolute atomic E-state index is 11.9. The summed E-state index contributed by atoms with van der Waals surface area (Å²) in [6.45, 7) is -0.355. The summed E-state index contributed by atoms with van der Waals surface area (Å²) in [5.41, 5.74) is 7.03. The molecule has 1 aromatic heterocycles. The SMILES string of the molecule is Nc1nc(COC(=O)CNC(=O)c2ccccc2)nc2ccccc12. The van der Waals surface area contributed by atoms with Crippen molar-refractivity contribution in [3.63, 3.8) is 0 Å². The number of nitrogens with two attached hydrogens (primary N) is 1. The number of esters is 1. The monoisotopic (exact) mass is 336 g/mol. The van der Waals surface area contributed by atoms with Crippen LogP contribution < -0.4 is 11.1 Å². The number of amides is 1. The second kappa shape index (κ2) is 7.39. The summed E-state index contributed by atoms with van der Waals surface area (Å²) in [5, 5.41) is 3.24. The lowest BCUT2D eigenvalue weighted by Gasteiger charge is -2.07. The molecule has 1 amide bonds. The van der Waals surface area contributed by atoms with Crippen molar-refractivity contribution in [3.05, 3.63) is 66.0 Å². The highest BCUT2D eigenvalue weighted by molar-refractivity contribution is 5.95. The van der Waals surface area contributed by atoms with E-state index < -0.39 is 5.97 Å². The Labute approximate surface area is 143 Å². The summed E-state index contributed by atoms with van der Waals surface area (Å²) < 4.78 is 5.08. The molecule has 0 unspecified atom stereocenters. The van der Waals surface area contributed by atoms with Crippen LogP contribution in [0.25, 0.3) is 10.9 Å². The minimum absolute atomic E-state index is 0.116. The summed E-state index contributed by atoms with van der Waals surface area (Å²) in [7, 11) is 0. The molecule has 7 nitrogen and oxygen atoms in total. The van der Waals surface area contributed by atoms with Crippen LogP contribution in [0.5, 0.6) is 0 Å². The lowest BCUT2D eigenvalue weighted by molar-refractivity contribution is -0.143. The van der Waals surface area contributed by atoms with Gasteiger partial charge in [-0.1, -0.05) is 30.3 Å². The van der Waals surface area contributed by atoms with Gasteiger partial charge >= 0.3 is 5.97 Å². The van der Waals surface area contributed by atoms with Crippen LogP contribution in [0.4, 0.5) is 5.82 Å². The van der Waals surface area contributed by atoms with Crippen LogP contribution in [-0.4, -0.2) is 28.4 Å². The van der Waals surface area contributed by atoms with Crippen molar-refractivity contribution in [3.8, 4) is 0 Å². The van der Waals surface area contributed by atoms with E-state index in [1.807, 2.05) is 18.2 Å². The van der Waals surface area contributed by atoms with Crippen molar-refractivity contribution < 1.29 is 14.3 Å². The van der Waals surface area contributed by atoms with Gasteiger partial charge in [-0.2, -0.15) is 0 Å². The molecule has 0 saturated carbocycles. The average molecular weight is 336 g/mol.